The Morgan fingerprint density at radius 1 is 1.11 bits per heavy atom. The summed E-state index contributed by atoms with van der Waals surface area (Å²) in [6.07, 6.45) is 0. The highest BCUT2D eigenvalue weighted by atomic mass is 16.5. The molecule has 3 aromatic rings. The molecule has 90 valence electrons. The number of hydrogen-bond acceptors (Lipinski definition) is 3. The van der Waals surface area contributed by atoms with Crippen LogP contribution in [0.1, 0.15) is 11.5 Å². The number of rotatable bonds is 3. The summed E-state index contributed by atoms with van der Waals surface area (Å²) in [6, 6.07) is 15.6. The molecular weight excluding hydrogens is 226 g/mol. The van der Waals surface area contributed by atoms with Gasteiger partial charge in [0.05, 0.1) is 0 Å². The summed E-state index contributed by atoms with van der Waals surface area (Å²) in [5, 5.41) is 1.09. The number of para-hydroxylation sites is 1. The molecule has 0 aliphatic heterocycles. The minimum absolute atomic E-state index is 0.394. The van der Waals surface area contributed by atoms with Crippen LogP contribution in [0.15, 0.2) is 52.9 Å². The second kappa shape index (κ2) is 4.53. The van der Waals surface area contributed by atoms with E-state index in [4.69, 9.17) is 9.15 Å². The van der Waals surface area contributed by atoms with Crippen molar-refractivity contribution >= 4 is 11.0 Å². The molecule has 0 fully saturated rings. The normalized spacial score (nSPS) is 10.7. The molecule has 0 spiro atoms. The first kappa shape index (κ1) is 10.8. The molecule has 0 saturated heterocycles. The monoisotopic (exact) mass is 239 g/mol. The fourth-order valence-electron chi connectivity index (χ4n) is 1.85. The van der Waals surface area contributed by atoms with E-state index in [0.29, 0.717) is 12.5 Å². The van der Waals surface area contributed by atoms with Gasteiger partial charge in [-0.05, 0) is 25.1 Å². The first-order valence-corrected chi connectivity index (χ1v) is 5.85. The van der Waals surface area contributed by atoms with E-state index in [1.807, 2.05) is 55.5 Å². The van der Waals surface area contributed by atoms with Crippen molar-refractivity contribution in [1.82, 2.24) is 4.98 Å². The molecule has 3 heteroatoms. The number of hydrogen-bond donors (Lipinski definition) is 0. The fraction of sp³-hybridized carbons (Fsp3) is 0.133. The minimum Gasteiger partial charge on any atom is -0.469 e. The smallest absolute Gasteiger partial charge is 0.213 e. The molecule has 0 saturated carbocycles. The van der Waals surface area contributed by atoms with Gasteiger partial charge in [0.15, 0.2) is 0 Å². The molecule has 1 aromatic carbocycles. The number of nitrogens with zero attached hydrogens (tertiary/aromatic N) is 1. The maximum atomic E-state index is 5.67. The average Bonchev–Trinajstić information content (AvgIpc) is 2.79. The number of fused-ring (bicyclic) bond motifs is 1. The van der Waals surface area contributed by atoms with Crippen LogP contribution in [-0.2, 0) is 6.61 Å². The summed E-state index contributed by atoms with van der Waals surface area (Å²) in [5.74, 6) is 1.43. The SMILES string of the molecule is Cc1cccc(OCc2cc3ccccc3o2)n1. The van der Waals surface area contributed by atoms with E-state index in [-0.39, 0.29) is 0 Å². The van der Waals surface area contributed by atoms with E-state index in [2.05, 4.69) is 4.98 Å². The largest absolute Gasteiger partial charge is 0.469 e. The molecule has 2 heterocycles. The van der Waals surface area contributed by atoms with Crippen molar-refractivity contribution < 1.29 is 9.15 Å². The topological polar surface area (TPSA) is 35.3 Å². The third-order valence-corrected chi connectivity index (χ3v) is 2.70. The van der Waals surface area contributed by atoms with Crippen molar-refractivity contribution in [2.75, 3.05) is 0 Å². The van der Waals surface area contributed by atoms with Gasteiger partial charge in [-0.2, -0.15) is 0 Å². The number of furan rings is 1. The third-order valence-electron chi connectivity index (χ3n) is 2.70. The van der Waals surface area contributed by atoms with E-state index in [1.54, 1.807) is 0 Å². The average molecular weight is 239 g/mol. The molecule has 0 unspecified atom stereocenters. The Kier molecular flexibility index (Phi) is 2.73. The van der Waals surface area contributed by atoms with Crippen LogP contribution in [0.3, 0.4) is 0 Å². The summed E-state index contributed by atoms with van der Waals surface area (Å²) >= 11 is 0. The Morgan fingerprint density at radius 3 is 2.83 bits per heavy atom. The summed E-state index contributed by atoms with van der Waals surface area (Å²) in [5.41, 5.74) is 1.82. The summed E-state index contributed by atoms with van der Waals surface area (Å²) in [6.45, 7) is 2.33. The quantitative estimate of drug-likeness (QED) is 0.698. The minimum atomic E-state index is 0.394. The molecule has 0 radical (unpaired) electrons. The lowest BCUT2D eigenvalue weighted by Gasteiger charge is -2.03. The molecular formula is C15H13NO2. The first-order valence-electron chi connectivity index (χ1n) is 5.85. The van der Waals surface area contributed by atoms with E-state index >= 15 is 0 Å². The zero-order valence-corrected chi connectivity index (χ0v) is 10.1. The van der Waals surface area contributed by atoms with Crippen molar-refractivity contribution in [3.8, 4) is 5.88 Å². The first-order chi connectivity index (χ1) is 8.81. The third kappa shape index (κ3) is 2.20. The van der Waals surface area contributed by atoms with E-state index < -0.39 is 0 Å². The zero-order chi connectivity index (χ0) is 12.4. The van der Waals surface area contributed by atoms with Crippen LogP contribution in [0, 0.1) is 6.92 Å². The predicted molar refractivity (Wildman–Crippen MR) is 69.5 cm³/mol. The van der Waals surface area contributed by atoms with Crippen LogP contribution in [0.5, 0.6) is 5.88 Å². The Balaban J connectivity index is 1.76. The van der Waals surface area contributed by atoms with Crippen LogP contribution in [-0.4, -0.2) is 4.98 Å². The van der Waals surface area contributed by atoms with Gasteiger partial charge in [0.25, 0.3) is 0 Å². The second-order valence-corrected chi connectivity index (χ2v) is 4.16. The molecule has 0 N–H and O–H groups in total. The van der Waals surface area contributed by atoms with Gasteiger partial charge < -0.3 is 9.15 Å². The van der Waals surface area contributed by atoms with Crippen molar-refractivity contribution in [3.63, 3.8) is 0 Å². The number of pyridine rings is 1. The van der Waals surface area contributed by atoms with Crippen LogP contribution < -0.4 is 4.74 Å². The summed E-state index contributed by atoms with van der Waals surface area (Å²) in [4.78, 5) is 4.28. The van der Waals surface area contributed by atoms with Crippen molar-refractivity contribution in [3.05, 3.63) is 60.0 Å². The molecule has 0 aliphatic rings. The Bertz CT molecular complexity index is 640. The maximum Gasteiger partial charge on any atom is 0.213 e. The lowest BCUT2D eigenvalue weighted by molar-refractivity contribution is 0.264. The summed E-state index contributed by atoms with van der Waals surface area (Å²) in [7, 11) is 0. The van der Waals surface area contributed by atoms with Gasteiger partial charge in [-0.15, -0.1) is 0 Å². The molecule has 3 nitrogen and oxygen atoms in total. The summed E-state index contributed by atoms with van der Waals surface area (Å²) < 4.78 is 11.3. The van der Waals surface area contributed by atoms with Crippen molar-refractivity contribution in [1.29, 1.82) is 0 Å². The van der Waals surface area contributed by atoms with Gasteiger partial charge in [-0.3, -0.25) is 0 Å². The highest BCUT2D eigenvalue weighted by molar-refractivity contribution is 5.77. The number of ether oxygens (including phenoxy) is 1. The van der Waals surface area contributed by atoms with E-state index in [9.17, 15) is 0 Å². The molecule has 18 heavy (non-hydrogen) atoms. The molecule has 0 atom stereocenters. The van der Waals surface area contributed by atoms with Crippen LogP contribution in [0.2, 0.25) is 0 Å². The van der Waals surface area contributed by atoms with Gasteiger partial charge in [0.2, 0.25) is 5.88 Å². The standard InChI is InChI=1S/C15H13NO2/c1-11-5-4-8-15(16-11)17-10-13-9-12-6-2-3-7-14(12)18-13/h2-9H,10H2,1H3. The number of benzene rings is 1. The molecule has 0 amide bonds. The van der Waals surface area contributed by atoms with Gasteiger partial charge in [0, 0.05) is 17.1 Å². The maximum absolute atomic E-state index is 5.67. The predicted octanol–water partition coefficient (Wildman–Crippen LogP) is 3.72. The molecule has 0 bridgehead atoms. The van der Waals surface area contributed by atoms with Gasteiger partial charge in [-0.25, -0.2) is 4.98 Å². The highest BCUT2D eigenvalue weighted by Gasteiger charge is 2.04. The Hall–Kier alpha value is -2.29. The van der Waals surface area contributed by atoms with E-state index in [0.717, 1.165) is 22.4 Å². The van der Waals surface area contributed by atoms with Crippen molar-refractivity contribution in [2.45, 2.75) is 13.5 Å². The van der Waals surface area contributed by atoms with Gasteiger partial charge >= 0.3 is 0 Å². The van der Waals surface area contributed by atoms with Gasteiger partial charge in [0.1, 0.15) is 18.0 Å². The van der Waals surface area contributed by atoms with E-state index in [1.165, 1.54) is 0 Å². The lowest BCUT2D eigenvalue weighted by atomic mass is 10.2. The van der Waals surface area contributed by atoms with Crippen molar-refractivity contribution in [2.24, 2.45) is 0 Å². The van der Waals surface area contributed by atoms with Crippen LogP contribution in [0.4, 0.5) is 0 Å². The zero-order valence-electron chi connectivity index (χ0n) is 10.1. The number of aromatic nitrogens is 1. The lowest BCUT2D eigenvalue weighted by Crippen LogP contribution is -1.96. The highest BCUT2D eigenvalue weighted by Crippen LogP contribution is 2.20. The molecule has 2 aromatic heterocycles. The van der Waals surface area contributed by atoms with Gasteiger partial charge in [-0.1, -0.05) is 24.3 Å². The fourth-order valence-corrected chi connectivity index (χ4v) is 1.85. The van der Waals surface area contributed by atoms with Crippen LogP contribution in [0.25, 0.3) is 11.0 Å². The second-order valence-electron chi connectivity index (χ2n) is 4.16. The molecule has 0 aliphatic carbocycles. The number of aryl methyl sites for hydroxylation is 1. The molecule has 3 rings (SSSR count). The Labute approximate surface area is 105 Å². The Morgan fingerprint density at radius 2 is 2.00 bits per heavy atom. The van der Waals surface area contributed by atoms with Crippen LogP contribution >= 0.6 is 0 Å².